The van der Waals surface area contributed by atoms with Gasteiger partial charge in [0.15, 0.2) is 5.65 Å². The van der Waals surface area contributed by atoms with E-state index in [4.69, 9.17) is 16.4 Å². The molecule has 0 spiro atoms. The van der Waals surface area contributed by atoms with Crippen LogP contribution in [0.5, 0.6) is 0 Å². The Bertz CT molecular complexity index is 1660. The lowest BCUT2D eigenvalue weighted by molar-refractivity contribution is -0.138. The van der Waals surface area contributed by atoms with Crippen molar-refractivity contribution in [1.82, 2.24) is 19.6 Å². The van der Waals surface area contributed by atoms with Gasteiger partial charge >= 0.3 is 12.2 Å². The summed E-state index contributed by atoms with van der Waals surface area (Å²) in [6, 6.07) is 8.71. The van der Waals surface area contributed by atoms with E-state index in [1.807, 2.05) is 19.0 Å². The Morgan fingerprint density at radius 2 is 1.76 bits per heavy atom. The molecular formula is C27H27ClF3N7O3. The first-order chi connectivity index (χ1) is 19.4. The Labute approximate surface area is 238 Å². The number of hydrogen-bond donors (Lipinski definition) is 3. The van der Waals surface area contributed by atoms with Crippen molar-refractivity contribution < 1.29 is 22.8 Å². The van der Waals surface area contributed by atoms with E-state index in [0.717, 1.165) is 17.3 Å². The third-order valence-electron chi connectivity index (χ3n) is 6.04. The molecule has 2 aromatic carbocycles. The lowest BCUT2D eigenvalue weighted by Gasteiger charge is -2.15. The fourth-order valence-corrected chi connectivity index (χ4v) is 4.24. The van der Waals surface area contributed by atoms with Gasteiger partial charge in [0, 0.05) is 46.6 Å². The number of halogens is 4. The van der Waals surface area contributed by atoms with Crippen LogP contribution in [0.2, 0.25) is 5.02 Å². The minimum atomic E-state index is -4.56. The fraction of sp³-hybridized carbons (Fsp3) is 0.259. The molecule has 0 saturated carbocycles. The van der Waals surface area contributed by atoms with Gasteiger partial charge in [-0.2, -0.15) is 18.2 Å². The van der Waals surface area contributed by atoms with Crippen molar-refractivity contribution in [3.63, 3.8) is 0 Å². The Hall–Kier alpha value is -4.36. The number of alkyl halides is 3. The second-order valence-electron chi connectivity index (χ2n) is 9.34. The molecule has 0 unspecified atom stereocenters. The molecule has 4 aromatic rings. The van der Waals surface area contributed by atoms with Crippen molar-refractivity contribution in [2.45, 2.75) is 13.1 Å². The van der Waals surface area contributed by atoms with E-state index in [9.17, 15) is 22.8 Å². The van der Waals surface area contributed by atoms with E-state index >= 15 is 0 Å². The number of aryl methyl sites for hydroxylation is 1. The van der Waals surface area contributed by atoms with E-state index in [1.54, 1.807) is 12.3 Å². The largest absolute Gasteiger partial charge is 0.416 e. The van der Waals surface area contributed by atoms with Crippen LogP contribution in [0.25, 0.3) is 22.2 Å². The number of benzene rings is 2. The molecule has 14 heteroatoms. The van der Waals surface area contributed by atoms with Gasteiger partial charge < -0.3 is 25.7 Å². The Morgan fingerprint density at radius 3 is 2.41 bits per heavy atom. The zero-order chi connectivity index (χ0) is 29.9. The molecule has 2 heterocycles. The van der Waals surface area contributed by atoms with Crippen LogP contribution in [0, 0.1) is 6.92 Å². The van der Waals surface area contributed by atoms with Crippen molar-refractivity contribution in [2.75, 3.05) is 50.2 Å². The summed E-state index contributed by atoms with van der Waals surface area (Å²) in [7, 11) is 5.20. The highest BCUT2D eigenvalue weighted by Crippen LogP contribution is 2.34. The molecule has 0 aliphatic rings. The topological polar surface area (TPSA) is 113 Å². The summed E-state index contributed by atoms with van der Waals surface area (Å²) in [5.74, 6) is 0.323. The van der Waals surface area contributed by atoms with Crippen LogP contribution in [0.15, 0.2) is 53.5 Å². The number of anilines is 3. The monoisotopic (exact) mass is 589 g/mol. The number of amides is 2. The van der Waals surface area contributed by atoms with E-state index in [1.165, 1.54) is 44.4 Å². The van der Waals surface area contributed by atoms with Crippen molar-refractivity contribution in [2.24, 2.45) is 0 Å². The van der Waals surface area contributed by atoms with Crippen LogP contribution in [-0.2, 0) is 6.18 Å². The van der Waals surface area contributed by atoms with Crippen molar-refractivity contribution in [3.8, 4) is 11.1 Å². The first-order valence-electron chi connectivity index (χ1n) is 12.3. The van der Waals surface area contributed by atoms with Gasteiger partial charge in [-0.05, 0) is 63.0 Å². The minimum absolute atomic E-state index is 0.0325. The predicted octanol–water partition coefficient (Wildman–Crippen LogP) is 5.12. The zero-order valence-corrected chi connectivity index (χ0v) is 23.3. The number of carbonyl (C=O) groups is 1. The lowest BCUT2D eigenvalue weighted by atomic mass is 10.1. The number of likely N-dealkylation sites (N-methyl/N-ethyl adjacent to an activating group) is 1. The molecule has 10 nitrogen and oxygen atoms in total. The predicted molar refractivity (Wildman–Crippen MR) is 153 cm³/mol. The maximum Gasteiger partial charge on any atom is 0.416 e. The van der Waals surface area contributed by atoms with Crippen LogP contribution in [-0.4, -0.2) is 59.9 Å². The van der Waals surface area contributed by atoms with Gasteiger partial charge in [0.1, 0.15) is 7.11 Å². The summed E-state index contributed by atoms with van der Waals surface area (Å²) >= 11 is 6.43. The van der Waals surface area contributed by atoms with Gasteiger partial charge in [0.05, 0.1) is 11.1 Å². The zero-order valence-electron chi connectivity index (χ0n) is 22.6. The molecule has 0 atom stereocenters. The smallest absolute Gasteiger partial charge is 0.412 e. The summed E-state index contributed by atoms with van der Waals surface area (Å²) in [6.07, 6.45) is -3.02. The van der Waals surface area contributed by atoms with Crippen LogP contribution in [0.1, 0.15) is 11.1 Å². The summed E-state index contributed by atoms with van der Waals surface area (Å²) in [6.45, 7) is 2.67. The van der Waals surface area contributed by atoms with Crippen molar-refractivity contribution in [1.29, 1.82) is 0 Å². The number of aromatic nitrogens is 3. The third-order valence-corrected chi connectivity index (χ3v) is 6.37. The highest BCUT2D eigenvalue weighted by molar-refractivity contribution is 6.33. The second-order valence-corrected chi connectivity index (χ2v) is 9.75. The molecule has 0 fully saturated rings. The molecule has 0 bridgehead atoms. The summed E-state index contributed by atoms with van der Waals surface area (Å²) in [4.78, 5) is 42.0. The number of nitrogens with one attached hydrogen (secondary N) is 3. The maximum absolute atomic E-state index is 13.4. The van der Waals surface area contributed by atoms with Crippen molar-refractivity contribution in [3.05, 3.63) is 75.2 Å². The summed E-state index contributed by atoms with van der Waals surface area (Å²) < 4.78 is 40.8. The van der Waals surface area contributed by atoms with Gasteiger partial charge in [-0.15, -0.1) is 4.73 Å². The van der Waals surface area contributed by atoms with E-state index in [0.29, 0.717) is 17.9 Å². The van der Waals surface area contributed by atoms with Gasteiger partial charge in [-0.1, -0.05) is 17.7 Å². The fourth-order valence-electron chi connectivity index (χ4n) is 4.02. The molecule has 2 aromatic heterocycles. The van der Waals surface area contributed by atoms with Crippen LogP contribution in [0.3, 0.4) is 0 Å². The highest BCUT2D eigenvalue weighted by Gasteiger charge is 2.32. The van der Waals surface area contributed by atoms with Gasteiger partial charge in [-0.25, -0.2) is 9.78 Å². The first-order valence-corrected chi connectivity index (χ1v) is 12.7. The van der Waals surface area contributed by atoms with Gasteiger partial charge in [0.25, 0.3) is 5.56 Å². The molecule has 4 rings (SSSR count). The average molecular weight is 590 g/mol. The van der Waals surface area contributed by atoms with Crippen LogP contribution < -0.4 is 26.3 Å². The molecule has 0 aliphatic heterocycles. The first kappa shape index (κ1) is 29.6. The Morgan fingerprint density at radius 1 is 1.07 bits per heavy atom. The standard InChI is InChI=1S/C27H27ClF3N7O3/c1-15-5-6-18(13-21(15)27(29,30)31)35-26(40)34-17-7-8-22(28)19(12-17)20-11-16-14-33-25(32-9-10-37(2)3)36-23(16)38(41-4)24(20)39/h5-8,11-14H,9-10H2,1-4H3,(H,32,33,36)(H2,34,35,40). The van der Waals surface area contributed by atoms with Gasteiger partial charge in [0.2, 0.25) is 5.95 Å². The second kappa shape index (κ2) is 12.0. The summed E-state index contributed by atoms with van der Waals surface area (Å²) in [5.41, 5.74) is -0.498. The normalized spacial score (nSPS) is 11.5. The number of pyridine rings is 1. The number of fused-ring (bicyclic) bond motifs is 1. The third kappa shape index (κ3) is 6.87. The Kier molecular flexibility index (Phi) is 8.69. The molecular weight excluding hydrogens is 563 g/mol. The highest BCUT2D eigenvalue weighted by atomic mass is 35.5. The molecule has 41 heavy (non-hydrogen) atoms. The van der Waals surface area contributed by atoms with Crippen molar-refractivity contribution >= 4 is 46.0 Å². The lowest BCUT2D eigenvalue weighted by Crippen LogP contribution is -2.28. The molecule has 0 aliphatic carbocycles. The number of rotatable bonds is 8. The van der Waals surface area contributed by atoms with E-state index in [-0.39, 0.29) is 38.7 Å². The number of nitrogens with zero attached hydrogens (tertiary/aromatic N) is 4. The van der Waals surface area contributed by atoms with E-state index < -0.39 is 23.3 Å². The Balaban J connectivity index is 1.62. The number of urea groups is 1. The minimum Gasteiger partial charge on any atom is -0.412 e. The molecule has 216 valence electrons. The van der Waals surface area contributed by atoms with Gasteiger partial charge in [-0.3, -0.25) is 4.79 Å². The maximum atomic E-state index is 13.4. The van der Waals surface area contributed by atoms with Crippen LogP contribution >= 0.6 is 11.6 Å². The molecule has 0 radical (unpaired) electrons. The summed E-state index contributed by atoms with van der Waals surface area (Å²) in [5, 5.41) is 8.74. The van der Waals surface area contributed by atoms with E-state index in [2.05, 4.69) is 25.9 Å². The number of carbonyl (C=O) groups excluding carboxylic acids is 1. The molecule has 2 amide bonds. The molecule has 0 saturated heterocycles. The quantitative estimate of drug-likeness (QED) is 0.262. The average Bonchev–Trinajstić information content (AvgIpc) is 2.90. The molecule has 3 N–H and O–H groups in total. The SMILES string of the molecule is COn1c(=O)c(-c2cc(NC(=O)Nc3ccc(C)c(C(F)(F)F)c3)ccc2Cl)cc2cnc(NCCN(C)C)nc21. The van der Waals surface area contributed by atoms with Crippen LogP contribution in [0.4, 0.5) is 35.3 Å². The number of hydrogen-bond acceptors (Lipinski definition) is 7.